The van der Waals surface area contributed by atoms with E-state index in [-0.39, 0.29) is 36.7 Å². The van der Waals surface area contributed by atoms with Gasteiger partial charge in [0.05, 0.1) is 19.3 Å². The largest absolute Gasteiger partial charge is 0.441 e. The maximum atomic E-state index is 12.5. The van der Waals surface area contributed by atoms with Gasteiger partial charge in [-0.3, -0.25) is 10.1 Å². The van der Waals surface area contributed by atoms with Crippen LogP contribution in [0.1, 0.15) is 32.1 Å². The van der Waals surface area contributed by atoms with E-state index in [2.05, 4.69) is 10.6 Å². The van der Waals surface area contributed by atoms with Crippen molar-refractivity contribution in [3.8, 4) is 0 Å². The lowest BCUT2D eigenvalue weighted by Gasteiger charge is -2.24. The third kappa shape index (κ3) is 4.25. The number of amides is 2. The predicted molar refractivity (Wildman–Crippen MR) is 98.3 cm³/mol. The number of rotatable bonds is 4. The van der Waals surface area contributed by atoms with Crippen molar-refractivity contribution in [2.75, 3.05) is 18.5 Å². The van der Waals surface area contributed by atoms with Crippen LogP contribution in [-0.4, -0.2) is 49.6 Å². The molecule has 146 valence electrons. The summed E-state index contributed by atoms with van der Waals surface area (Å²) in [6.45, 7) is 0.654. The van der Waals surface area contributed by atoms with E-state index in [1.165, 1.54) is 6.42 Å². The van der Waals surface area contributed by atoms with Gasteiger partial charge in [-0.15, -0.1) is 0 Å². The van der Waals surface area contributed by atoms with Crippen LogP contribution in [0.5, 0.6) is 0 Å². The molecule has 1 aromatic carbocycles. The van der Waals surface area contributed by atoms with Gasteiger partial charge in [0.2, 0.25) is 5.91 Å². The van der Waals surface area contributed by atoms with E-state index >= 15 is 0 Å². The van der Waals surface area contributed by atoms with E-state index < -0.39 is 12.2 Å². The summed E-state index contributed by atoms with van der Waals surface area (Å²) in [5, 5.41) is 5.78. The number of nitrogens with one attached hydrogen (secondary N) is 2. The van der Waals surface area contributed by atoms with Gasteiger partial charge >= 0.3 is 6.09 Å². The Kier molecular flexibility index (Phi) is 5.59. The van der Waals surface area contributed by atoms with Crippen LogP contribution < -0.4 is 10.6 Å². The second-order valence-corrected chi connectivity index (χ2v) is 7.48. The van der Waals surface area contributed by atoms with Crippen molar-refractivity contribution in [1.29, 1.82) is 0 Å². The van der Waals surface area contributed by atoms with Gasteiger partial charge in [-0.1, -0.05) is 37.5 Å². The topological polar surface area (TPSA) is 85.9 Å². The number of carbonyl (C=O) groups excluding carboxylic acids is 2. The van der Waals surface area contributed by atoms with Crippen LogP contribution in [0.25, 0.3) is 0 Å². The summed E-state index contributed by atoms with van der Waals surface area (Å²) in [5.74, 6) is 0.196. The van der Waals surface area contributed by atoms with Crippen molar-refractivity contribution in [3.05, 3.63) is 30.3 Å². The first kappa shape index (κ1) is 18.3. The van der Waals surface area contributed by atoms with E-state index in [0.29, 0.717) is 12.3 Å². The molecule has 27 heavy (non-hydrogen) atoms. The third-order valence-corrected chi connectivity index (χ3v) is 5.59. The number of fused-ring (bicyclic) bond motifs is 1. The average molecular weight is 374 g/mol. The summed E-state index contributed by atoms with van der Waals surface area (Å²) in [5.41, 5.74) is 0.669. The van der Waals surface area contributed by atoms with Crippen molar-refractivity contribution in [2.45, 2.75) is 56.5 Å². The average Bonchev–Trinajstić information content (AvgIpc) is 3.27. The lowest BCUT2D eigenvalue weighted by Crippen LogP contribution is -2.46. The Morgan fingerprint density at radius 2 is 1.70 bits per heavy atom. The van der Waals surface area contributed by atoms with E-state index in [1.54, 1.807) is 12.1 Å². The smallest absolute Gasteiger partial charge is 0.412 e. The van der Waals surface area contributed by atoms with Crippen LogP contribution in [0.2, 0.25) is 0 Å². The number of anilines is 1. The minimum absolute atomic E-state index is 0.0961. The number of benzene rings is 1. The fraction of sp³-hybridized carbons (Fsp3) is 0.600. The van der Waals surface area contributed by atoms with Crippen LogP contribution in [-0.2, 0) is 19.0 Å². The molecule has 1 aliphatic carbocycles. The van der Waals surface area contributed by atoms with Crippen LogP contribution in [0, 0.1) is 5.92 Å². The van der Waals surface area contributed by atoms with Crippen molar-refractivity contribution < 1.29 is 23.8 Å². The standard InChI is InChI=1S/C20H26N2O5/c23-19(13-7-3-1-4-8-13)22-15-11-25-18-16(12-26-17(15)18)27-20(24)21-14-9-5-2-6-10-14/h2,5-6,9-10,13,15-18H,1,3-4,7-8,11-12H2,(H,21,24)(H,22,23)/t15-,16-,17-,18+/m0/s1. The zero-order valence-electron chi connectivity index (χ0n) is 15.3. The molecule has 2 N–H and O–H groups in total. The van der Waals surface area contributed by atoms with Gasteiger partial charge in [0, 0.05) is 11.6 Å². The summed E-state index contributed by atoms with van der Waals surface area (Å²) in [6.07, 6.45) is 3.75. The van der Waals surface area contributed by atoms with Gasteiger partial charge in [0.15, 0.2) is 6.10 Å². The number of para-hydroxylation sites is 1. The summed E-state index contributed by atoms with van der Waals surface area (Å²) in [7, 11) is 0. The molecule has 1 saturated carbocycles. The molecule has 1 aromatic rings. The fourth-order valence-corrected chi connectivity index (χ4v) is 4.16. The number of hydrogen-bond acceptors (Lipinski definition) is 5. The quantitative estimate of drug-likeness (QED) is 0.846. The maximum Gasteiger partial charge on any atom is 0.412 e. The summed E-state index contributed by atoms with van der Waals surface area (Å²) in [4.78, 5) is 24.6. The van der Waals surface area contributed by atoms with Crippen molar-refractivity contribution in [2.24, 2.45) is 5.92 Å². The molecule has 0 bridgehead atoms. The van der Waals surface area contributed by atoms with Gasteiger partial charge in [-0.05, 0) is 25.0 Å². The first-order valence-corrected chi connectivity index (χ1v) is 9.77. The van der Waals surface area contributed by atoms with E-state index in [1.807, 2.05) is 18.2 Å². The molecule has 3 fully saturated rings. The van der Waals surface area contributed by atoms with Gasteiger partial charge in [-0.2, -0.15) is 0 Å². The Labute approximate surface area is 158 Å². The highest BCUT2D eigenvalue weighted by Gasteiger charge is 2.50. The monoisotopic (exact) mass is 374 g/mol. The van der Waals surface area contributed by atoms with E-state index in [0.717, 1.165) is 25.7 Å². The van der Waals surface area contributed by atoms with Crippen LogP contribution in [0.3, 0.4) is 0 Å². The Bertz CT molecular complexity index is 662. The molecular weight excluding hydrogens is 348 g/mol. The first-order chi connectivity index (χ1) is 13.2. The molecular formula is C20H26N2O5. The lowest BCUT2D eigenvalue weighted by molar-refractivity contribution is -0.127. The molecule has 2 saturated heterocycles. The SMILES string of the molecule is O=C(Nc1ccccc1)O[C@H]1CO[C@@H]2[C@@H]1OC[C@@H]2NC(=O)C1CCCCC1. The Morgan fingerprint density at radius 3 is 2.48 bits per heavy atom. The molecule has 0 radical (unpaired) electrons. The normalized spacial score (nSPS) is 30.5. The van der Waals surface area contributed by atoms with Gasteiger partial charge in [-0.25, -0.2) is 4.79 Å². The highest BCUT2D eigenvalue weighted by molar-refractivity contribution is 5.84. The molecule has 2 heterocycles. The second-order valence-electron chi connectivity index (χ2n) is 7.48. The Hall–Kier alpha value is -2.12. The minimum atomic E-state index is -0.534. The lowest BCUT2D eigenvalue weighted by atomic mass is 9.88. The second kappa shape index (κ2) is 8.27. The molecule has 3 aliphatic rings. The molecule has 2 amide bonds. The molecule has 7 heteroatoms. The molecule has 0 aromatic heterocycles. The van der Waals surface area contributed by atoms with Gasteiger partial charge in [0.25, 0.3) is 0 Å². The van der Waals surface area contributed by atoms with Gasteiger partial charge < -0.3 is 19.5 Å². The molecule has 7 nitrogen and oxygen atoms in total. The van der Waals surface area contributed by atoms with E-state index in [9.17, 15) is 9.59 Å². The Balaban J connectivity index is 1.28. The summed E-state index contributed by atoms with van der Waals surface area (Å²) < 4.78 is 17.1. The van der Waals surface area contributed by atoms with Crippen molar-refractivity contribution in [3.63, 3.8) is 0 Å². The van der Waals surface area contributed by atoms with E-state index in [4.69, 9.17) is 14.2 Å². The van der Waals surface area contributed by atoms with Crippen molar-refractivity contribution >= 4 is 17.7 Å². The third-order valence-electron chi connectivity index (χ3n) is 5.59. The maximum absolute atomic E-state index is 12.5. The van der Waals surface area contributed by atoms with Crippen molar-refractivity contribution in [1.82, 2.24) is 5.32 Å². The molecule has 2 aliphatic heterocycles. The van der Waals surface area contributed by atoms with Gasteiger partial charge in [0.1, 0.15) is 12.2 Å². The fourth-order valence-electron chi connectivity index (χ4n) is 4.16. The molecule has 4 rings (SSSR count). The predicted octanol–water partition coefficient (Wildman–Crippen LogP) is 2.47. The van der Waals surface area contributed by atoms with Crippen LogP contribution >= 0.6 is 0 Å². The highest BCUT2D eigenvalue weighted by Crippen LogP contribution is 2.30. The van der Waals surface area contributed by atoms with Crippen LogP contribution in [0.15, 0.2) is 30.3 Å². The zero-order chi connectivity index (χ0) is 18.6. The summed E-state index contributed by atoms with van der Waals surface area (Å²) in [6, 6.07) is 8.94. The highest BCUT2D eigenvalue weighted by atomic mass is 16.6. The molecule has 0 spiro atoms. The zero-order valence-corrected chi connectivity index (χ0v) is 15.3. The number of carbonyl (C=O) groups is 2. The minimum Gasteiger partial charge on any atom is -0.441 e. The molecule has 4 atom stereocenters. The number of ether oxygens (including phenoxy) is 3. The first-order valence-electron chi connectivity index (χ1n) is 9.77. The molecule has 0 unspecified atom stereocenters. The number of hydrogen-bond donors (Lipinski definition) is 2. The Morgan fingerprint density at radius 1 is 0.963 bits per heavy atom. The van der Waals surface area contributed by atoms with Crippen LogP contribution in [0.4, 0.5) is 10.5 Å². The summed E-state index contributed by atoms with van der Waals surface area (Å²) >= 11 is 0.